The molecule has 0 aromatic carbocycles. The Morgan fingerprint density at radius 2 is 1.90 bits per heavy atom. The lowest BCUT2D eigenvalue weighted by Gasteiger charge is -2.43. The Labute approximate surface area is 126 Å². The van der Waals surface area contributed by atoms with Crippen LogP contribution in [0.25, 0.3) is 0 Å². The molecule has 2 atom stereocenters. The first-order valence-electron chi connectivity index (χ1n) is 7.80. The molecule has 2 saturated heterocycles. The van der Waals surface area contributed by atoms with Gasteiger partial charge in [-0.25, -0.2) is 4.79 Å². The number of likely N-dealkylation sites (tertiary alicyclic amines) is 1. The van der Waals surface area contributed by atoms with Crippen LogP contribution in [-0.4, -0.2) is 65.3 Å². The molecule has 2 amide bonds. The second kappa shape index (κ2) is 6.22. The van der Waals surface area contributed by atoms with Crippen molar-refractivity contribution < 1.29 is 19.4 Å². The third-order valence-corrected chi connectivity index (χ3v) is 4.98. The highest BCUT2D eigenvalue weighted by molar-refractivity contribution is 5.77. The van der Waals surface area contributed by atoms with Crippen molar-refractivity contribution >= 4 is 12.0 Å². The Kier molecular flexibility index (Phi) is 4.76. The number of piperidine rings is 1. The standard InChI is InChI=1S/C15H26N2O4/c1-4-15(13(18)19)5-7-16(8-6-15)14(20)17-9-12(3)21-10-11(17)2/h11-12H,4-10H2,1-3H3,(H,18,19). The fourth-order valence-electron chi connectivity index (χ4n) is 3.20. The number of carbonyl (C=O) groups is 2. The number of carboxylic acids is 1. The van der Waals surface area contributed by atoms with Gasteiger partial charge in [0.05, 0.1) is 24.2 Å². The number of nitrogens with zero attached hydrogens (tertiary/aromatic N) is 2. The van der Waals surface area contributed by atoms with E-state index in [0.717, 1.165) is 0 Å². The topological polar surface area (TPSA) is 70.1 Å². The average molecular weight is 298 g/mol. The Bertz CT molecular complexity index is 404. The SMILES string of the molecule is CCC1(C(=O)O)CCN(C(=O)N2CC(C)OCC2C)CC1. The highest BCUT2D eigenvalue weighted by Crippen LogP contribution is 2.35. The van der Waals surface area contributed by atoms with Crippen LogP contribution in [0.4, 0.5) is 4.79 Å². The van der Waals surface area contributed by atoms with Crippen LogP contribution in [0.15, 0.2) is 0 Å². The molecular weight excluding hydrogens is 272 g/mol. The molecule has 2 aliphatic heterocycles. The van der Waals surface area contributed by atoms with Gasteiger partial charge in [-0.3, -0.25) is 4.79 Å². The number of rotatable bonds is 2. The largest absolute Gasteiger partial charge is 0.481 e. The first kappa shape index (κ1) is 16.1. The number of hydrogen-bond donors (Lipinski definition) is 1. The lowest BCUT2D eigenvalue weighted by atomic mass is 9.76. The number of morpholine rings is 1. The maximum atomic E-state index is 12.6. The van der Waals surface area contributed by atoms with Crippen LogP contribution in [0.3, 0.4) is 0 Å². The molecule has 2 aliphatic rings. The molecule has 0 bridgehead atoms. The van der Waals surface area contributed by atoms with Crippen LogP contribution in [0, 0.1) is 5.41 Å². The Hall–Kier alpha value is -1.30. The van der Waals surface area contributed by atoms with E-state index in [2.05, 4.69) is 0 Å². The van der Waals surface area contributed by atoms with Crippen molar-refractivity contribution in [2.24, 2.45) is 5.41 Å². The van der Waals surface area contributed by atoms with Gasteiger partial charge in [0, 0.05) is 19.6 Å². The molecule has 2 rings (SSSR count). The molecule has 0 aliphatic carbocycles. The van der Waals surface area contributed by atoms with E-state index in [1.54, 1.807) is 4.90 Å². The number of urea groups is 1. The predicted molar refractivity (Wildman–Crippen MR) is 78.1 cm³/mol. The predicted octanol–water partition coefficient (Wildman–Crippen LogP) is 1.79. The van der Waals surface area contributed by atoms with E-state index >= 15 is 0 Å². The monoisotopic (exact) mass is 298 g/mol. The number of hydrogen-bond acceptors (Lipinski definition) is 3. The summed E-state index contributed by atoms with van der Waals surface area (Å²) in [6, 6.07) is 0.0961. The van der Waals surface area contributed by atoms with Crippen molar-refractivity contribution in [3.63, 3.8) is 0 Å². The summed E-state index contributed by atoms with van der Waals surface area (Å²) in [4.78, 5) is 27.7. The molecule has 0 spiro atoms. The zero-order chi connectivity index (χ0) is 15.6. The molecule has 6 nitrogen and oxygen atoms in total. The third-order valence-electron chi connectivity index (χ3n) is 4.98. The molecule has 120 valence electrons. The van der Waals surface area contributed by atoms with Gasteiger partial charge in [-0.1, -0.05) is 6.92 Å². The maximum absolute atomic E-state index is 12.6. The van der Waals surface area contributed by atoms with Crippen LogP contribution < -0.4 is 0 Å². The lowest BCUT2D eigenvalue weighted by molar-refractivity contribution is -0.152. The molecule has 0 aromatic heterocycles. The van der Waals surface area contributed by atoms with Crippen molar-refractivity contribution in [3.05, 3.63) is 0 Å². The third kappa shape index (κ3) is 3.15. The van der Waals surface area contributed by atoms with Gasteiger partial charge in [-0.2, -0.15) is 0 Å². The van der Waals surface area contributed by atoms with Gasteiger partial charge in [0.2, 0.25) is 0 Å². The Morgan fingerprint density at radius 3 is 2.43 bits per heavy atom. The van der Waals surface area contributed by atoms with Gasteiger partial charge in [0.25, 0.3) is 0 Å². The summed E-state index contributed by atoms with van der Waals surface area (Å²) < 4.78 is 5.55. The average Bonchev–Trinajstić information content (AvgIpc) is 2.49. The summed E-state index contributed by atoms with van der Waals surface area (Å²) >= 11 is 0. The summed E-state index contributed by atoms with van der Waals surface area (Å²) in [5.74, 6) is -0.731. The van der Waals surface area contributed by atoms with Gasteiger partial charge < -0.3 is 19.6 Å². The van der Waals surface area contributed by atoms with Crippen LogP contribution in [-0.2, 0) is 9.53 Å². The molecule has 2 unspecified atom stereocenters. The molecule has 1 N–H and O–H groups in total. The van der Waals surface area contributed by atoms with Crippen LogP contribution in [0.5, 0.6) is 0 Å². The van der Waals surface area contributed by atoms with Crippen molar-refractivity contribution in [3.8, 4) is 0 Å². The number of aliphatic carboxylic acids is 1. The van der Waals surface area contributed by atoms with Gasteiger partial charge in [0.1, 0.15) is 0 Å². The normalized spacial score (nSPS) is 29.3. The van der Waals surface area contributed by atoms with Gasteiger partial charge in [-0.05, 0) is 33.1 Å². The molecule has 2 heterocycles. The maximum Gasteiger partial charge on any atom is 0.320 e. The van der Waals surface area contributed by atoms with Gasteiger partial charge in [0.15, 0.2) is 0 Å². The summed E-state index contributed by atoms with van der Waals surface area (Å²) in [7, 11) is 0. The summed E-state index contributed by atoms with van der Waals surface area (Å²) in [5.41, 5.74) is -0.652. The van der Waals surface area contributed by atoms with Crippen molar-refractivity contribution in [1.29, 1.82) is 0 Å². The first-order valence-corrected chi connectivity index (χ1v) is 7.80. The second-order valence-corrected chi connectivity index (χ2v) is 6.35. The summed E-state index contributed by atoms with van der Waals surface area (Å²) in [5, 5.41) is 9.41. The molecule has 21 heavy (non-hydrogen) atoms. The molecule has 2 fully saturated rings. The zero-order valence-corrected chi connectivity index (χ0v) is 13.2. The highest BCUT2D eigenvalue weighted by atomic mass is 16.5. The van der Waals surface area contributed by atoms with Crippen molar-refractivity contribution in [2.75, 3.05) is 26.2 Å². The van der Waals surface area contributed by atoms with Crippen molar-refractivity contribution in [2.45, 2.75) is 52.2 Å². The van der Waals surface area contributed by atoms with E-state index in [1.807, 2.05) is 25.7 Å². The fourth-order valence-corrected chi connectivity index (χ4v) is 3.20. The van der Waals surface area contributed by atoms with E-state index in [4.69, 9.17) is 4.74 Å². The number of carboxylic acid groups (broad SMARTS) is 1. The minimum atomic E-state index is -0.731. The van der Waals surface area contributed by atoms with E-state index in [-0.39, 0.29) is 18.2 Å². The fraction of sp³-hybridized carbons (Fsp3) is 0.867. The smallest absolute Gasteiger partial charge is 0.320 e. The first-order chi connectivity index (χ1) is 9.89. The number of carbonyl (C=O) groups excluding carboxylic acids is 1. The summed E-state index contributed by atoms with van der Waals surface area (Å²) in [6.07, 6.45) is 1.76. The van der Waals surface area contributed by atoms with Crippen molar-refractivity contribution in [1.82, 2.24) is 9.80 Å². The quantitative estimate of drug-likeness (QED) is 0.844. The van der Waals surface area contributed by atoms with Crippen LogP contribution in [0.1, 0.15) is 40.0 Å². The van der Waals surface area contributed by atoms with E-state index in [9.17, 15) is 14.7 Å². The molecule has 0 saturated carbocycles. The molecule has 0 radical (unpaired) electrons. The summed E-state index contributed by atoms with van der Waals surface area (Å²) in [6.45, 7) is 8.09. The molecular formula is C15H26N2O4. The minimum Gasteiger partial charge on any atom is -0.481 e. The van der Waals surface area contributed by atoms with Gasteiger partial charge in [-0.15, -0.1) is 0 Å². The highest BCUT2D eigenvalue weighted by Gasteiger charge is 2.42. The number of amides is 2. The van der Waals surface area contributed by atoms with E-state index in [0.29, 0.717) is 45.5 Å². The molecule has 6 heteroatoms. The molecule has 0 aromatic rings. The van der Waals surface area contributed by atoms with Crippen LogP contribution in [0.2, 0.25) is 0 Å². The zero-order valence-electron chi connectivity index (χ0n) is 13.2. The Balaban J connectivity index is 1.98. The number of ether oxygens (including phenoxy) is 1. The Morgan fingerprint density at radius 1 is 1.29 bits per heavy atom. The van der Waals surface area contributed by atoms with Gasteiger partial charge >= 0.3 is 12.0 Å². The van der Waals surface area contributed by atoms with E-state index < -0.39 is 11.4 Å². The minimum absolute atomic E-state index is 0.0211. The lowest BCUT2D eigenvalue weighted by Crippen LogP contribution is -2.57. The van der Waals surface area contributed by atoms with Crippen LogP contribution >= 0.6 is 0 Å². The van der Waals surface area contributed by atoms with E-state index in [1.165, 1.54) is 0 Å². The second-order valence-electron chi connectivity index (χ2n) is 6.35.